The van der Waals surface area contributed by atoms with Gasteiger partial charge in [0.1, 0.15) is 11.1 Å². The molecular weight excluding hydrogens is 252 g/mol. The first-order valence-corrected chi connectivity index (χ1v) is 4.45. The van der Waals surface area contributed by atoms with E-state index in [4.69, 9.17) is 11.0 Å². The average molecular weight is 257 g/mol. The zero-order chi connectivity index (χ0) is 9.84. The summed E-state index contributed by atoms with van der Waals surface area (Å²) in [6.45, 7) is 0. The van der Waals surface area contributed by atoms with Gasteiger partial charge in [0, 0.05) is 0 Å². The Morgan fingerprint density at radius 2 is 2.54 bits per heavy atom. The summed E-state index contributed by atoms with van der Waals surface area (Å²) in [4.78, 5) is 0.0731. The molecule has 1 aromatic rings. The molecule has 0 saturated carbocycles. The molecule has 0 spiro atoms. The van der Waals surface area contributed by atoms with E-state index >= 15 is 0 Å². The highest BCUT2D eigenvalue weighted by molar-refractivity contribution is 9.10. The Labute approximate surface area is 88.6 Å². The standard InChI is InChI=1S/C7H5BrN4S/c8-5-3-11-12-6(5)1-4(2-9)7(10)13/h1,3H,(H2,10,13)(H,11,12)/b4-1-. The van der Waals surface area contributed by atoms with Crippen molar-refractivity contribution in [3.63, 3.8) is 0 Å². The molecule has 3 N–H and O–H groups in total. The van der Waals surface area contributed by atoms with Gasteiger partial charge in [0.2, 0.25) is 0 Å². The number of nitrogens with two attached hydrogens (primary N) is 1. The van der Waals surface area contributed by atoms with E-state index < -0.39 is 0 Å². The summed E-state index contributed by atoms with van der Waals surface area (Å²) < 4.78 is 0.761. The Kier molecular flexibility index (Phi) is 3.17. The number of rotatable bonds is 2. The minimum absolute atomic E-state index is 0.0731. The normalized spacial score (nSPS) is 10.9. The molecule has 0 saturated heterocycles. The Bertz CT molecular complexity index is 401. The van der Waals surface area contributed by atoms with Gasteiger partial charge < -0.3 is 5.73 Å². The molecule has 4 nitrogen and oxygen atoms in total. The van der Waals surface area contributed by atoms with Gasteiger partial charge in [0.15, 0.2) is 0 Å². The molecule has 1 rings (SSSR count). The third-order valence-corrected chi connectivity index (χ3v) is 2.15. The maximum atomic E-state index is 8.65. The van der Waals surface area contributed by atoms with E-state index in [0.29, 0.717) is 5.69 Å². The predicted octanol–water partition coefficient (Wildman–Crippen LogP) is 1.37. The molecular formula is C7H5BrN4S. The van der Waals surface area contributed by atoms with Gasteiger partial charge in [-0.25, -0.2) is 0 Å². The fraction of sp³-hybridized carbons (Fsp3) is 0. The van der Waals surface area contributed by atoms with E-state index in [1.54, 1.807) is 12.3 Å². The number of hydrogen-bond acceptors (Lipinski definition) is 3. The first kappa shape index (κ1) is 9.89. The van der Waals surface area contributed by atoms with Crippen LogP contribution in [0.3, 0.4) is 0 Å². The molecule has 1 heterocycles. The Morgan fingerprint density at radius 3 is 2.92 bits per heavy atom. The van der Waals surface area contributed by atoms with E-state index in [2.05, 4.69) is 38.3 Å². The quantitative estimate of drug-likeness (QED) is 0.476. The number of nitriles is 1. The predicted molar refractivity (Wildman–Crippen MR) is 56.7 cm³/mol. The van der Waals surface area contributed by atoms with E-state index in [1.165, 1.54) is 0 Å². The molecule has 0 aliphatic heterocycles. The number of nitrogens with zero attached hydrogens (tertiary/aromatic N) is 2. The maximum absolute atomic E-state index is 8.65. The third kappa shape index (κ3) is 2.37. The monoisotopic (exact) mass is 256 g/mol. The van der Waals surface area contributed by atoms with Crippen LogP contribution in [0, 0.1) is 11.3 Å². The molecule has 1 aromatic heterocycles. The molecule has 0 unspecified atom stereocenters. The maximum Gasteiger partial charge on any atom is 0.114 e. The van der Waals surface area contributed by atoms with E-state index in [1.807, 2.05) is 6.07 Å². The molecule has 6 heteroatoms. The minimum Gasteiger partial charge on any atom is -0.389 e. The number of aromatic amines is 1. The van der Waals surface area contributed by atoms with Crippen LogP contribution in [0.4, 0.5) is 0 Å². The van der Waals surface area contributed by atoms with Crippen LogP contribution in [0.5, 0.6) is 0 Å². The largest absolute Gasteiger partial charge is 0.389 e. The van der Waals surface area contributed by atoms with E-state index in [0.717, 1.165) is 4.47 Å². The lowest BCUT2D eigenvalue weighted by atomic mass is 10.2. The molecule has 13 heavy (non-hydrogen) atoms. The lowest BCUT2D eigenvalue weighted by Crippen LogP contribution is -2.09. The number of nitrogens with one attached hydrogen (secondary N) is 1. The molecule has 0 aliphatic carbocycles. The van der Waals surface area contributed by atoms with Gasteiger partial charge in [-0.3, -0.25) is 5.10 Å². The van der Waals surface area contributed by atoms with Crippen LogP contribution in [0.1, 0.15) is 5.69 Å². The van der Waals surface area contributed by atoms with E-state index in [-0.39, 0.29) is 10.6 Å². The van der Waals surface area contributed by atoms with Crippen molar-refractivity contribution in [2.24, 2.45) is 5.73 Å². The third-order valence-electron chi connectivity index (χ3n) is 1.29. The summed E-state index contributed by atoms with van der Waals surface area (Å²) in [5.41, 5.74) is 6.23. The molecule has 0 aliphatic rings. The second kappa shape index (κ2) is 4.16. The summed E-state index contributed by atoms with van der Waals surface area (Å²) in [6.07, 6.45) is 3.12. The molecule has 0 bridgehead atoms. The Morgan fingerprint density at radius 1 is 1.85 bits per heavy atom. The summed E-state index contributed by atoms with van der Waals surface area (Å²) in [5.74, 6) is 0. The van der Waals surface area contributed by atoms with Crippen LogP contribution in [-0.2, 0) is 0 Å². The number of H-pyrrole nitrogens is 1. The number of thiocarbonyl (C=S) groups is 1. The van der Waals surface area contributed by atoms with Crippen molar-refractivity contribution in [1.29, 1.82) is 5.26 Å². The molecule has 0 atom stereocenters. The van der Waals surface area contributed by atoms with Crippen LogP contribution in [0.25, 0.3) is 6.08 Å². The lowest BCUT2D eigenvalue weighted by molar-refractivity contribution is 1.08. The summed E-state index contributed by atoms with van der Waals surface area (Å²) in [7, 11) is 0. The fourth-order valence-corrected chi connectivity index (χ4v) is 1.10. The van der Waals surface area contributed by atoms with Crippen molar-refractivity contribution in [1.82, 2.24) is 10.2 Å². The van der Waals surface area contributed by atoms with Crippen molar-refractivity contribution in [2.75, 3.05) is 0 Å². The van der Waals surface area contributed by atoms with Crippen molar-refractivity contribution >= 4 is 39.2 Å². The van der Waals surface area contributed by atoms with Crippen molar-refractivity contribution in [3.05, 3.63) is 21.9 Å². The Hall–Kier alpha value is -1.19. The molecule has 0 amide bonds. The minimum atomic E-state index is 0.0731. The second-order valence-electron chi connectivity index (χ2n) is 2.17. The lowest BCUT2D eigenvalue weighted by Gasteiger charge is -1.92. The first-order valence-electron chi connectivity index (χ1n) is 3.25. The van der Waals surface area contributed by atoms with E-state index in [9.17, 15) is 0 Å². The Balaban J connectivity index is 3.07. The number of hydrogen-bond donors (Lipinski definition) is 2. The summed E-state index contributed by atoms with van der Waals surface area (Å²) in [6, 6.07) is 1.89. The topological polar surface area (TPSA) is 78.5 Å². The van der Waals surface area contributed by atoms with Gasteiger partial charge in [0.25, 0.3) is 0 Å². The zero-order valence-electron chi connectivity index (χ0n) is 6.41. The van der Waals surface area contributed by atoms with Crippen LogP contribution in [0.15, 0.2) is 16.2 Å². The van der Waals surface area contributed by atoms with Gasteiger partial charge in [-0.15, -0.1) is 0 Å². The van der Waals surface area contributed by atoms with Crippen molar-refractivity contribution in [2.45, 2.75) is 0 Å². The van der Waals surface area contributed by atoms with Gasteiger partial charge in [-0.05, 0) is 22.0 Å². The highest BCUT2D eigenvalue weighted by Gasteiger charge is 2.03. The van der Waals surface area contributed by atoms with Crippen LogP contribution in [-0.4, -0.2) is 15.2 Å². The second-order valence-corrected chi connectivity index (χ2v) is 3.46. The van der Waals surface area contributed by atoms with Gasteiger partial charge in [0.05, 0.1) is 21.9 Å². The van der Waals surface area contributed by atoms with Gasteiger partial charge in [-0.1, -0.05) is 12.2 Å². The summed E-state index contributed by atoms with van der Waals surface area (Å²) in [5, 5.41) is 15.1. The van der Waals surface area contributed by atoms with Crippen molar-refractivity contribution in [3.8, 4) is 6.07 Å². The average Bonchev–Trinajstić information content (AvgIpc) is 2.46. The SMILES string of the molecule is N#C/C(=C/c1[nH]ncc1Br)C(N)=S. The number of aromatic nitrogens is 2. The van der Waals surface area contributed by atoms with Crippen LogP contribution in [0.2, 0.25) is 0 Å². The van der Waals surface area contributed by atoms with Crippen LogP contribution < -0.4 is 5.73 Å². The number of halogens is 1. The zero-order valence-corrected chi connectivity index (χ0v) is 8.82. The smallest absolute Gasteiger partial charge is 0.114 e. The fourth-order valence-electron chi connectivity index (χ4n) is 0.685. The molecule has 66 valence electrons. The highest BCUT2D eigenvalue weighted by atomic mass is 79.9. The molecule has 0 radical (unpaired) electrons. The highest BCUT2D eigenvalue weighted by Crippen LogP contribution is 2.15. The van der Waals surface area contributed by atoms with Crippen LogP contribution >= 0.6 is 28.1 Å². The van der Waals surface area contributed by atoms with Crippen molar-refractivity contribution < 1.29 is 0 Å². The molecule has 0 fully saturated rings. The first-order chi connectivity index (χ1) is 6.15. The summed E-state index contributed by atoms with van der Waals surface area (Å²) >= 11 is 7.91. The van der Waals surface area contributed by atoms with Gasteiger partial charge in [-0.2, -0.15) is 10.4 Å². The molecule has 0 aromatic carbocycles. The van der Waals surface area contributed by atoms with Gasteiger partial charge >= 0.3 is 0 Å².